The van der Waals surface area contributed by atoms with E-state index in [4.69, 9.17) is 14.2 Å². The van der Waals surface area contributed by atoms with Crippen LogP contribution < -0.4 is 0 Å². The van der Waals surface area contributed by atoms with Crippen LogP contribution in [0.3, 0.4) is 0 Å². The lowest BCUT2D eigenvalue weighted by Gasteiger charge is -2.21. The minimum absolute atomic E-state index is 0.0876. The molecule has 0 radical (unpaired) electrons. The maximum Gasteiger partial charge on any atom is 0.453 e. The van der Waals surface area contributed by atoms with Gasteiger partial charge < -0.3 is 24.2 Å². The molecule has 0 unspecified atom stereocenters. The monoisotopic (exact) mass is 878 g/mol. The zero-order valence-corrected chi connectivity index (χ0v) is 35.8. The van der Waals surface area contributed by atoms with Crippen LogP contribution in [0.1, 0.15) is 193 Å². The van der Waals surface area contributed by atoms with Crippen molar-refractivity contribution in [2.45, 2.75) is 224 Å². The molecule has 0 aromatic rings. The number of ether oxygens (including phenoxy) is 3. The van der Waals surface area contributed by atoms with E-state index in [9.17, 15) is 53.8 Å². The van der Waals surface area contributed by atoms with Gasteiger partial charge >= 0.3 is 30.2 Å². The quantitative estimate of drug-likeness (QED) is 0.0285. The molecule has 354 valence electrons. The van der Waals surface area contributed by atoms with Gasteiger partial charge in [0.05, 0.1) is 13.2 Å². The van der Waals surface area contributed by atoms with Crippen molar-refractivity contribution in [3.05, 3.63) is 0 Å². The number of carbonyl (C=O) groups excluding carboxylic acids is 1. The average Bonchev–Trinajstić information content (AvgIpc) is 3.15. The van der Waals surface area contributed by atoms with E-state index >= 15 is 0 Å². The van der Waals surface area contributed by atoms with Crippen molar-refractivity contribution in [3.63, 3.8) is 0 Å². The maximum atomic E-state index is 13.1. The topological polar surface area (TPSA) is 68.2 Å². The third-order valence-corrected chi connectivity index (χ3v) is 10.4. The van der Waals surface area contributed by atoms with Gasteiger partial charge in [0.25, 0.3) is 0 Å². The van der Waals surface area contributed by atoms with Crippen LogP contribution in [0, 0.1) is 0 Å². The van der Waals surface area contributed by atoms with Crippen molar-refractivity contribution >= 4 is 5.97 Å². The fourth-order valence-corrected chi connectivity index (χ4v) is 6.64. The van der Waals surface area contributed by atoms with E-state index in [0.29, 0.717) is 51.7 Å². The summed E-state index contributed by atoms with van der Waals surface area (Å²) in [7, 11) is 0. The summed E-state index contributed by atoms with van der Waals surface area (Å²) in [6.07, 6.45) is 6.07. The predicted octanol–water partition coefficient (Wildman–Crippen LogP) is 13.9. The summed E-state index contributed by atoms with van der Waals surface area (Å²) in [6, 6.07) is 0. The van der Waals surface area contributed by atoms with Crippen molar-refractivity contribution in [1.29, 1.82) is 0 Å². The number of unbranched alkanes of at least 4 members (excludes halogenated alkanes) is 20. The fourth-order valence-electron chi connectivity index (χ4n) is 6.64. The molecule has 0 amide bonds. The molecule has 0 saturated heterocycles. The Bertz CT molecular complexity index is 932. The van der Waals surface area contributed by atoms with Crippen molar-refractivity contribution < 1.29 is 68.0 Å². The maximum absolute atomic E-state index is 13.1. The highest BCUT2D eigenvalue weighted by molar-refractivity contribution is 5.69. The van der Waals surface area contributed by atoms with Gasteiger partial charge in [-0.1, -0.05) is 110 Å². The molecule has 0 spiro atoms. The Morgan fingerprint density at radius 2 is 0.881 bits per heavy atom. The van der Waals surface area contributed by atoms with Gasteiger partial charge in [0.2, 0.25) is 0 Å². The van der Waals surface area contributed by atoms with Crippen LogP contribution >= 0.6 is 0 Å². The molecule has 0 bridgehead atoms. The Balaban J connectivity index is 4.31. The molecule has 0 aromatic carbocycles. The van der Waals surface area contributed by atoms with Gasteiger partial charge in [-0.05, 0) is 77.3 Å². The first-order valence-electron chi connectivity index (χ1n) is 22.6. The SMILES string of the molecule is CCCCCCCCCOC(=O)CCCCCCCN(CCO)CCCCCCCC(OCCCCCCC(F)(F)C(F)(F)F)OCCCCCCC(F)(F)C(F)(F)F. The highest BCUT2D eigenvalue weighted by Gasteiger charge is 2.57. The van der Waals surface area contributed by atoms with E-state index in [1.807, 2.05) is 0 Å². The van der Waals surface area contributed by atoms with Gasteiger partial charge in [-0.15, -0.1) is 0 Å². The lowest BCUT2D eigenvalue weighted by Crippen LogP contribution is -2.36. The molecular formula is C43H77F10NO5. The van der Waals surface area contributed by atoms with Gasteiger partial charge in [0.1, 0.15) is 0 Å². The number of hydrogen-bond acceptors (Lipinski definition) is 6. The second kappa shape index (κ2) is 35.1. The number of alkyl halides is 10. The molecule has 0 rings (SSSR count). The Kier molecular flexibility index (Phi) is 34.3. The van der Waals surface area contributed by atoms with Gasteiger partial charge in [-0.25, -0.2) is 0 Å². The van der Waals surface area contributed by atoms with Gasteiger partial charge in [0, 0.05) is 39.0 Å². The van der Waals surface area contributed by atoms with E-state index in [1.54, 1.807) is 0 Å². The lowest BCUT2D eigenvalue weighted by molar-refractivity contribution is -0.284. The summed E-state index contributed by atoms with van der Waals surface area (Å²) in [6.45, 7) is 5.61. The Hall–Kier alpha value is -1.39. The van der Waals surface area contributed by atoms with Crippen LogP contribution in [-0.4, -0.2) is 92.5 Å². The van der Waals surface area contributed by atoms with Gasteiger partial charge in [0.15, 0.2) is 6.29 Å². The highest BCUT2D eigenvalue weighted by atomic mass is 19.4. The van der Waals surface area contributed by atoms with Crippen molar-refractivity contribution in [3.8, 4) is 0 Å². The van der Waals surface area contributed by atoms with Crippen LogP contribution in [0.4, 0.5) is 43.9 Å². The molecule has 0 fully saturated rings. The molecule has 0 aliphatic heterocycles. The van der Waals surface area contributed by atoms with Crippen molar-refractivity contribution in [1.82, 2.24) is 4.90 Å². The van der Waals surface area contributed by atoms with Gasteiger partial charge in [-0.3, -0.25) is 4.79 Å². The fraction of sp³-hybridized carbons (Fsp3) is 0.977. The third kappa shape index (κ3) is 32.9. The van der Waals surface area contributed by atoms with E-state index in [2.05, 4.69) is 11.8 Å². The van der Waals surface area contributed by atoms with Crippen LogP contribution in [0.25, 0.3) is 0 Å². The number of esters is 1. The summed E-state index contributed by atoms with van der Waals surface area (Å²) in [4.78, 5) is 14.2. The van der Waals surface area contributed by atoms with E-state index in [0.717, 1.165) is 90.1 Å². The first-order valence-corrected chi connectivity index (χ1v) is 22.6. The van der Waals surface area contributed by atoms with Crippen LogP contribution in [0.5, 0.6) is 0 Å². The Morgan fingerprint density at radius 1 is 0.492 bits per heavy atom. The summed E-state index contributed by atoms with van der Waals surface area (Å²) in [5.41, 5.74) is 0. The zero-order valence-electron chi connectivity index (χ0n) is 35.8. The standard InChI is InChI=1S/C43H77F10NO5/c1-2-3-4-5-6-15-24-35-57-38(56)27-18-9-7-13-22-31-54(33-34-55)32-23-14-8-10-19-28-39(58-36-25-16-11-20-29-40(44,45)42(48,49)50)59-37-26-17-12-21-30-41(46,47)43(51,52)53/h39,55H,2-37H2,1H3. The Labute approximate surface area is 348 Å². The molecule has 1 N–H and O–H groups in total. The number of rotatable bonds is 42. The van der Waals surface area contributed by atoms with Crippen molar-refractivity contribution in [2.75, 3.05) is 46.1 Å². The number of halogens is 10. The minimum Gasteiger partial charge on any atom is -0.466 e. The molecule has 0 saturated carbocycles. The first kappa shape index (κ1) is 57.6. The Morgan fingerprint density at radius 3 is 1.34 bits per heavy atom. The van der Waals surface area contributed by atoms with E-state index < -0.39 is 43.3 Å². The lowest BCUT2D eigenvalue weighted by atomic mass is 10.1. The third-order valence-electron chi connectivity index (χ3n) is 10.4. The average molecular weight is 878 g/mol. The molecule has 59 heavy (non-hydrogen) atoms. The molecular weight excluding hydrogens is 800 g/mol. The molecule has 0 aliphatic rings. The molecule has 0 aromatic heterocycles. The number of nitrogens with zero attached hydrogens (tertiary/aromatic N) is 1. The molecule has 0 heterocycles. The molecule has 0 aliphatic carbocycles. The van der Waals surface area contributed by atoms with E-state index in [1.165, 1.54) is 32.1 Å². The largest absolute Gasteiger partial charge is 0.466 e. The van der Waals surface area contributed by atoms with Crippen LogP contribution in [0.2, 0.25) is 0 Å². The predicted molar refractivity (Wildman–Crippen MR) is 212 cm³/mol. The smallest absolute Gasteiger partial charge is 0.453 e. The van der Waals surface area contributed by atoms with E-state index in [-0.39, 0.29) is 51.5 Å². The summed E-state index contributed by atoms with van der Waals surface area (Å²) in [5, 5.41) is 9.53. The summed E-state index contributed by atoms with van der Waals surface area (Å²) in [5.74, 6) is -9.54. The number of aliphatic hydroxyl groups excluding tert-OH is 1. The second-order valence-corrected chi connectivity index (χ2v) is 15.9. The second-order valence-electron chi connectivity index (χ2n) is 15.9. The normalized spacial score (nSPS) is 13.0. The van der Waals surface area contributed by atoms with Crippen molar-refractivity contribution in [2.24, 2.45) is 0 Å². The molecule has 0 atom stereocenters. The molecule has 16 heteroatoms. The summed E-state index contributed by atoms with van der Waals surface area (Å²) >= 11 is 0. The van der Waals surface area contributed by atoms with Crippen LogP contribution in [-0.2, 0) is 19.0 Å². The highest BCUT2D eigenvalue weighted by Crippen LogP contribution is 2.40. The minimum atomic E-state index is -5.57. The number of hydrogen-bond donors (Lipinski definition) is 1. The first-order chi connectivity index (χ1) is 28.0. The van der Waals surface area contributed by atoms with Crippen LogP contribution in [0.15, 0.2) is 0 Å². The number of aliphatic hydroxyl groups is 1. The van der Waals surface area contributed by atoms with Gasteiger partial charge in [-0.2, -0.15) is 43.9 Å². The number of carbonyl (C=O) groups is 1. The summed E-state index contributed by atoms with van der Waals surface area (Å²) < 4.78 is 144. The molecule has 6 nitrogen and oxygen atoms in total. The zero-order chi connectivity index (χ0) is 44.3.